The second-order valence-electron chi connectivity index (χ2n) is 10.5. The van der Waals surface area contributed by atoms with Crippen molar-refractivity contribution in [2.75, 3.05) is 13.2 Å². The molecule has 3 fully saturated rings. The molecule has 8 nitrogen and oxygen atoms in total. The number of imidazole rings is 1. The summed E-state index contributed by atoms with van der Waals surface area (Å²) in [7, 11) is 0. The average molecular weight is 514 g/mol. The molecule has 0 bridgehead atoms. The first-order valence-corrected chi connectivity index (χ1v) is 12.6. The Morgan fingerprint density at radius 1 is 1.11 bits per heavy atom. The minimum atomic E-state index is -2.93. The molecule has 5 rings (SSSR count). The molecule has 36 heavy (non-hydrogen) atoms. The number of aliphatic hydroxyl groups excluding tert-OH is 1. The van der Waals surface area contributed by atoms with E-state index < -0.39 is 49.0 Å². The van der Waals surface area contributed by atoms with Crippen LogP contribution in [0.15, 0.2) is 12.4 Å². The number of likely N-dealkylation sites (tertiary alicyclic amines) is 1. The number of hydrogen-bond acceptors (Lipinski definition) is 6. The molecule has 198 valence electrons. The van der Waals surface area contributed by atoms with Crippen molar-refractivity contribution >= 4 is 11.7 Å². The molecule has 0 aromatic carbocycles. The Kier molecular flexibility index (Phi) is 6.69. The highest BCUT2D eigenvalue weighted by Crippen LogP contribution is 2.42. The molecule has 1 amide bonds. The minimum absolute atomic E-state index is 0.0378. The van der Waals surface area contributed by atoms with Gasteiger partial charge >= 0.3 is 0 Å². The smallest absolute Gasteiger partial charge is 0.271 e. The Morgan fingerprint density at radius 3 is 2.53 bits per heavy atom. The van der Waals surface area contributed by atoms with Crippen molar-refractivity contribution in [2.24, 2.45) is 5.92 Å². The molecule has 2 aromatic heterocycles. The zero-order chi connectivity index (χ0) is 25.7. The molecule has 4 atom stereocenters. The van der Waals surface area contributed by atoms with E-state index in [0.29, 0.717) is 30.7 Å². The number of nitrogens with zero attached hydrogens (tertiary/aromatic N) is 5. The van der Waals surface area contributed by atoms with Crippen molar-refractivity contribution in [3.63, 3.8) is 0 Å². The lowest BCUT2D eigenvalue weighted by Crippen LogP contribution is -2.50. The summed E-state index contributed by atoms with van der Waals surface area (Å²) >= 11 is 0. The van der Waals surface area contributed by atoms with Gasteiger partial charge in [-0.2, -0.15) is 5.10 Å². The summed E-state index contributed by atoms with van der Waals surface area (Å²) in [6.07, 6.45) is 2.40. The molecule has 2 saturated heterocycles. The number of piperidine rings is 1. The van der Waals surface area contributed by atoms with Crippen LogP contribution in [0.2, 0.25) is 0 Å². The van der Waals surface area contributed by atoms with Gasteiger partial charge in [-0.3, -0.25) is 4.79 Å². The van der Waals surface area contributed by atoms with Crippen molar-refractivity contribution < 1.29 is 32.2 Å². The van der Waals surface area contributed by atoms with Gasteiger partial charge in [-0.25, -0.2) is 32.0 Å². The third-order valence-electron chi connectivity index (χ3n) is 7.91. The van der Waals surface area contributed by atoms with E-state index >= 15 is 0 Å². The number of halogens is 4. The van der Waals surface area contributed by atoms with Gasteiger partial charge in [0.05, 0.1) is 35.9 Å². The molecular formula is C24H31F4N5O3. The Morgan fingerprint density at radius 2 is 1.83 bits per heavy atom. The molecular weight excluding hydrogens is 482 g/mol. The summed E-state index contributed by atoms with van der Waals surface area (Å²) < 4.78 is 60.8. The number of amides is 1. The van der Waals surface area contributed by atoms with Gasteiger partial charge in [-0.05, 0) is 38.0 Å². The number of rotatable bonds is 4. The Hall–Kier alpha value is -2.34. The van der Waals surface area contributed by atoms with Gasteiger partial charge in [-0.15, -0.1) is 0 Å². The van der Waals surface area contributed by atoms with Crippen molar-refractivity contribution in [2.45, 2.75) is 94.3 Å². The van der Waals surface area contributed by atoms with Crippen LogP contribution in [0, 0.1) is 5.92 Å². The molecule has 0 unspecified atom stereocenters. The molecule has 12 heteroatoms. The summed E-state index contributed by atoms with van der Waals surface area (Å²) in [6.45, 7) is 1.43. The van der Waals surface area contributed by atoms with E-state index in [1.165, 1.54) is 15.6 Å². The van der Waals surface area contributed by atoms with Gasteiger partial charge < -0.3 is 14.7 Å². The van der Waals surface area contributed by atoms with Crippen LogP contribution in [0.4, 0.5) is 17.6 Å². The van der Waals surface area contributed by atoms with E-state index in [0.717, 1.165) is 5.69 Å². The number of aromatic nitrogens is 4. The second-order valence-corrected chi connectivity index (χ2v) is 10.5. The third kappa shape index (κ3) is 5.20. The summed E-state index contributed by atoms with van der Waals surface area (Å²) in [4.78, 5) is 23.9. The van der Waals surface area contributed by atoms with E-state index in [-0.39, 0.29) is 44.1 Å². The average Bonchev–Trinajstić information content (AvgIpc) is 3.27. The van der Waals surface area contributed by atoms with E-state index in [2.05, 4.69) is 15.1 Å². The van der Waals surface area contributed by atoms with Gasteiger partial charge in [-0.1, -0.05) is 6.92 Å². The zero-order valence-corrected chi connectivity index (χ0v) is 20.1. The Bertz CT molecular complexity index is 1090. The maximum absolute atomic E-state index is 13.6. The summed E-state index contributed by atoms with van der Waals surface area (Å²) in [6, 6.07) is -0.595. The molecule has 1 saturated carbocycles. The number of fused-ring (bicyclic) bond motifs is 1. The number of hydrogen-bond donors (Lipinski definition) is 1. The monoisotopic (exact) mass is 513 g/mol. The van der Waals surface area contributed by atoms with E-state index in [4.69, 9.17) is 4.74 Å². The number of carbonyl (C=O) groups excluding carboxylic acids is 1. The van der Waals surface area contributed by atoms with Gasteiger partial charge in [0.25, 0.3) is 17.6 Å². The standard InChI is InChI=1S/C24H31F4N5O3/c1-14(15-2-6-23(25,26)7-3-15)18-12-33-22(31-18)30-17(11-29-33)19-10-16(34)5-9-32(19)21(35)20-4-8-24(27,28)13-36-20/h11-12,14-16,19-20,34H,2-10,13H2,1H3/t14-,16-,19-,20-/m0/s1. The summed E-state index contributed by atoms with van der Waals surface area (Å²) in [5.74, 6) is -5.54. The first kappa shape index (κ1) is 25.3. The molecule has 2 aliphatic heterocycles. The number of carbonyl (C=O) groups is 1. The van der Waals surface area contributed by atoms with Crippen molar-refractivity contribution in [3.8, 4) is 0 Å². The van der Waals surface area contributed by atoms with Crippen LogP contribution in [-0.4, -0.2) is 72.7 Å². The molecule has 0 radical (unpaired) electrons. The highest BCUT2D eigenvalue weighted by atomic mass is 19.3. The largest absolute Gasteiger partial charge is 0.393 e. The van der Waals surface area contributed by atoms with Crippen LogP contribution in [0.3, 0.4) is 0 Å². The molecule has 2 aromatic rings. The lowest BCUT2D eigenvalue weighted by molar-refractivity contribution is -0.174. The highest BCUT2D eigenvalue weighted by Gasteiger charge is 2.43. The van der Waals surface area contributed by atoms with E-state index in [1.54, 1.807) is 6.20 Å². The first-order valence-electron chi connectivity index (χ1n) is 12.6. The molecule has 1 aliphatic carbocycles. The SMILES string of the molecule is C[C@H](c1cn2ncc([C@@H]3C[C@@H](O)CCN3C(=O)[C@@H]3CCC(F)(F)CO3)nc2n1)C1CCC(F)(F)CC1. The fourth-order valence-electron chi connectivity index (χ4n) is 5.58. The third-order valence-corrected chi connectivity index (χ3v) is 7.91. The quantitative estimate of drug-likeness (QED) is 0.624. The van der Waals surface area contributed by atoms with Crippen molar-refractivity contribution in [1.82, 2.24) is 24.5 Å². The van der Waals surface area contributed by atoms with Crippen LogP contribution < -0.4 is 0 Å². The fourth-order valence-corrected chi connectivity index (χ4v) is 5.58. The molecule has 4 heterocycles. The van der Waals surface area contributed by atoms with Crippen LogP contribution in [0.1, 0.15) is 81.6 Å². The molecule has 0 spiro atoms. The maximum atomic E-state index is 13.6. The number of alkyl halides is 4. The fraction of sp³-hybridized carbons (Fsp3) is 0.750. The predicted molar refractivity (Wildman–Crippen MR) is 120 cm³/mol. The van der Waals surface area contributed by atoms with Crippen LogP contribution in [-0.2, 0) is 9.53 Å². The highest BCUT2D eigenvalue weighted by molar-refractivity contribution is 5.81. The minimum Gasteiger partial charge on any atom is -0.393 e. The number of aliphatic hydroxyl groups is 1. The normalized spacial score (nSPS) is 29.8. The van der Waals surface area contributed by atoms with Crippen LogP contribution in [0.25, 0.3) is 5.78 Å². The summed E-state index contributed by atoms with van der Waals surface area (Å²) in [5, 5.41) is 14.7. The van der Waals surface area contributed by atoms with E-state index in [1.807, 2.05) is 6.92 Å². The summed E-state index contributed by atoms with van der Waals surface area (Å²) in [5.41, 5.74) is 1.16. The Balaban J connectivity index is 1.34. The first-order chi connectivity index (χ1) is 17.0. The Labute approximate surface area is 206 Å². The van der Waals surface area contributed by atoms with Gasteiger partial charge in [0, 0.05) is 31.7 Å². The van der Waals surface area contributed by atoms with Gasteiger partial charge in [0.1, 0.15) is 12.7 Å². The van der Waals surface area contributed by atoms with Gasteiger partial charge in [0.15, 0.2) is 0 Å². The van der Waals surface area contributed by atoms with Crippen LogP contribution in [0.5, 0.6) is 0 Å². The maximum Gasteiger partial charge on any atom is 0.271 e. The van der Waals surface area contributed by atoms with Gasteiger partial charge in [0.2, 0.25) is 5.92 Å². The number of ether oxygens (including phenoxy) is 1. The topological polar surface area (TPSA) is 92.9 Å². The van der Waals surface area contributed by atoms with E-state index in [9.17, 15) is 27.5 Å². The van der Waals surface area contributed by atoms with Crippen LogP contribution >= 0.6 is 0 Å². The zero-order valence-electron chi connectivity index (χ0n) is 20.1. The molecule has 1 N–H and O–H groups in total. The lowest BCUT2D eigenvalue weighted by atomic mass is 9.78. The second kappa shape index (κ2) is 9.51. The van der Waals surface area contributed by atoms with Crippen molar-refractivity contribution in [3.05, 3.63) is 23.8 Å². The predicted octanol–water partition coefficient (Wildman–Crippen LogP) is 3.89. The van der Waals surface area contributed by atoms with Crippen molar-refractivity contribution in [1.29, 1.82) is 0 Å². The molecule has 3 aliphatic rings. The lowest BCUT2D eigenvalue weighted by Gasteiger charge is -2.40.